The highest BCUT2D eigenvalue weighted by molar-refractivity contribution is 5.79. The molecule has 5 nitrogen and oxygen atoms in total. The number of nitrogens with one attached hydrogen (secondary N) is 2. The molecular formula is C19H26N4O. The van der Waals surface area contributed by atoms with Crippen LogP contribution in [0, 0.1) is 0 Å². The SMILES string of the molecule is CCNC(=NCc1cccc(OC)n1)NCC(C)c1ccccc1. The maximum atomic E-state index is 5.15. The summed E-state index contributed by atoms with van der Waals surface area (Å²) in [5.41, 5.74) is 2.19. The first-order valence-electron chi connectivity index (χ1n) is 8.30. The normalized spacial score (nSPS) is 12.5. The van der Waals surface area contributed by atoms with Crippen LogP contribution < -0.4 is 15.4 Å². The molecule has 2 rings (SSSR count). The Morgan fingerprint density at radius 2 is 1.92 bits per heavy atom. The van der Waals surface area contributed by atoms with Crippen LogP contribution in [0.2, 0.25) is 0 Å². The van der Waals surface area contributed by atoms with E-state index >= 15 is 0 Å². The number of aromatic nitrogens is 1. The Morgan fingerprint density at radius 1 is 1.12 bits per heavy atom. The summed E-state index contributed by atoms with van der Waals surface area (Å²) < 4.78 is 5.15. The Labute approximate surface area is 144 Å². The minimum absolute atomic E-state index is 0.407. The average molecular weight is 326 g/mol. The van der Waals surface area contributed by atoms with Gasteiger partial charge < -0.3 is 15.4 Å². The predicted octanol–water partition coefficient (Wildman–Crippen LogP) is 2.95. The van der Waals surface area contributed by atoms with Gasteiger partial charge in [-0.15, -0.1) is 0 Å². The van der Waals surface area contributed by atoms with Crippen LogP contribution in [0.1, 0.15) is 31.0 Å². The minimum atomic E-state index is 0.407. The number of methoxy groups -OCH3 is 1. The van der Waals surface area contributed by atoms with Crippen molar-refractivity contribution in [2.45, 2.75) is 26.3 Å². The lowest BCUT2D eigenvalue weighted by Gasteiger charge is -2.16. The van der Waals surface area contributed by atoms with Gasteiger partial charge in [0, 0.05) is 19.2 Å². The zero-order valence-electron chi connectivity index (χ0n) is 14.6. The fourth-order valence-electron chi connectivity index (χ4n) is 2.31. The van der Waals surface area contributed by atoms with E-state index < -0.39 is 0 Å². The lowest BCUT2D eigenvalue weighted by molar-refractivity contribution is 0.396. The van der Waals surface area contributed by atoms with Gasteiger partial charge in [0.15, 0.2) is 5.96 Å². The molecule has 24 heavy (non-hydrogen) atoms. The highest BCUT2D eigenvalue weighted by atomic mass is 16.5. The number of hydrogen-bond donors (Lipinski definition) is 2. The summed E-state index contributed by atoms with van der Waals surface area (Å²) in [6, 6.07) is 16.2. The number of pyridine rings is 1. The van der Waals surface area contributed by atoms with E-state index in [4.69, 9.17) is 4.74 Å². The topological polar surface area (TPSA) is 58.5 Å². The molecule has 0 aliphatic carbocycles. The molecule has 1 atom stereocenters. The molecule has 0 aliphatic rings. The summed E-state index contributed by atoms with van der Waals surface area (Å²) in [6.07, 6.45) is 0. The van der Waals surface area contributed by atoms with Gasteiger partial charge in [0.25, 0.3) is 0 Å². The molecule has 0 saturated heterocycles. The van der Waals surface area contributed by atoms with E-state index in [9.17, 15) is 0 Å². The van der Waals surface area contributed by atoms with Crippen molar-refractivity contribution in [3.63, 3.8) is 0 Å². The predicted molar refractivity (Wildman–Crippen MR) is 98.5 cm³/mol. The molecule has 5 heteroatoms. The number of nitrogens with zero attached hydrogens (tertiary/aromatic N) is 2. The second kappa shape index (κ2) is 9.55. The summed E-state index contributed by atoms with van der Waals surface area (Å²) >= 11 is 0. The van der Waals surface area contributed by atoms with Crippen LogP contribution in [0.4, 0.5) is 0 Å². The molecule has 1 aromatic heterocycles. The van der Waals surface area contributed by atoms with Gasteiger partial charge in [-0.05, 0) is 24.5 Å². The maximum Gasteiger partial charge on any atom is 0.213 e. The summed E-state index contributed by atoms with van der Waals surface area (Å²) in [6.45, 7) is 6.40. The second-order valence-electron chi connectivity index (χ2n) is 5.56. The van der Waals surface area contributed by atoms with E-state index in [0.29, 0.717) is 18.3 Å². The van der Waals surface area contributed by atoms with Gasteiger partial charge in [-0.25, -0.2) is 9.98 Å². The van der Waals surface area contributed by atoms with Crippen LogP contribution in [-0.2, 0) is 6.54 Å². The molecule has 2 N–H and O–H groups in total. The second-order valence-corrected chi connectivity index (χ2v) is 5.56. The molecule has 0 radical (unpaired) electrons. The lowest BCUT2D eigenvalue weighted by atomic mass is 10.0. The smallest absolute Gasteiger partial charge is 0.213 e. The van der Waals surface area contributed by atoms with Crippen LogP contribution in [0.25, 0.3) is 0 Å². The van der Waals surface area contributed by atoms with Crippen molar-refractivity contribution in [2.24, 2.45) is 4.99 Å². The highest BCUT2D eigenvalue weighted by Crippen LogP contribution is 2.13. The van der Waals surface area contributed by atoms with Gasteiger partial charge in [0.2, 0.25) is 5.88 Å². The molecule has 0 aliphatic heterocycles. The monoisotopic (exact) mass is 326 g/mol. The van der Waals surface area contributed by atoms with Crippen LogP contribution >= 0.6 is 0 Å². The Balaban J connectivity index is 1.95. The first-order chi connectivity index (χ1) is 11.7. The average Bonchev–Trinajstić information content (AvgIpc) is 2.64. The van der Waals surface area contributed by atoms with E-state index in [1.165, 1.54) is 5.56 Å². The summed E-state index contributed by atoms with van der Waals surface area (Å²) in [4.78, 5) is 8.98. The largest absolute Gasteiger partial charge is 0.481 e. The first-order valence-corrected chi connectivity index (χ1v) is 8.30. The number of hydrogen-bond acceptors (Lipinski definition) is 3. The third-order valence-corrected chi connectivity index (χ3v) is 3.68. The fourth-order valence-corrected chi connectivity index (χ4v) is 2.31. The number of rotatable bonds is 7. The van der Waals surface area contributed by atoms with Crippen molar-refractivity contribution in [3.05, 3.63) is 59.8 Å². The standard InChI is InChI=1S/C19H26N4O/c1-4-20-19(21-13-15(2)16-9-6-5-7-10-16)22-14-17-11-8-12-18(23-17)24-3/h5-12,15H,4,13-14H2,1-3H3,(H2,20,21,22). The van der Waals surface area contributed by atoms with Crippen molar-refractivity contribution < 1.29 is 4.74 Å². The zero-order chi connectivity index (χ0) is 17.2. The Kier molecular flexibility index (Phi) is 7.08. The summed E-state index contributed by atoms with van der Waals surface area (Å²) in [7, 11) is 1.62. The number of aliphatic imine (C=N–C) groups is 1. The van der Waals surface area contributed by atoms with E-state index in [2.05, 4.69) is 58.7 Å². The lowest BCUT2D eigenvalue weighted by Crippen LogP contribution is -2.39. The summed E-state index contributed by atoms with van der Waals surface area (Å²) in [5.74, 6) is 1.81. The zero-order valence-corrected chi connectivity index (χ0v) is 14.6. The van der Waals surface area contributed by atoms with Crippen LogP contribution in [0.3, 0.4) is 0 Å². The van der Waals surface area contributed by atoms with Crippen LogP contribution in [-0.4, -0.2) is 31.1 Å². The van der Waals surface area contributed by atoms with Gasteiger partial charge in [-0.1, -0.05) is 43.3 Å². The quantitative estimate of drug-likeness (QED) is 0.607. The van der Waals surface area contributed by atoms with Crippen molar-refractivity contribution in [2.75, 3.05) is 20.2 Å². The Morgan fingerprint density at radius 3 is 2.62 bits per heavy atom. The molecule has 0 spiro atoms. The molecule has 1 unspecified atom stereocenters. The van der Waals surface area contributed by atoms with E-state index in [-0.39, 0.29) is 0 Å². The van der Waals surface area contributed by atoms with Gasteiger partial charge in [-0.3, -0.25) is 0 Å². The van der Waals surface area contributed by atoms with E-state index in [0.717, 1.165) is 24.7 Å². The Bertz CT molecular complexity index is 643. The van der Waals surface area contributed by atoms with Crippen LogP contribution in [0.15, 0.2) is 53.5 Å². The number of ether oxygens (including phenoxy) is 1. The maximum absolute atomic E-state index is 5.15. The van der Waals surface area contributed by atoms with Gasteiger partial charge in [0.1, 0.15) is 0 Å². The molecule has 128 valence electrons. The van der Waals surface area contributed by atoms with Gasteiger partial charge in [0.05, 0.1) is 19.3 Å². The molecular weight excluding hydrogens is 300 g/mol. The van der Waals surface area contributed by atoms with E-state index in [1.54, 1.807) is 7.11 Å². The molecule has 0 fully saturated rings. The summed E-state index contributed by atoms with van der Waals surface area (Å²) in [5, 5.41) is 6.67. The van der Waals surface area contributed by atoms with Crippen molar-refractivity contribution in [3.8, 4) is 5.88 Å². The van der Waals surface area contributed by atoms with Crippen molar-refractivity contribution in [1.82, 2.24) is 15.6 Å². The van der Waals surface area contributed by atoms with Crippen LogP contribution in [0.5, 0.6) is 5.88 Å². The van der Waals surface area contributed by atoms with E-state index in [1.807, 2.05) is 24.3 Å². The highest BCUT2D eigenvalue weighted by Gasteiger charge is 2.06. The number of benzene rings is 1. The van der Waals surface area contributed by atoms with Gasteiger partial charge in [-0.2, -0.15) is 0 Å². The molecule has 2 aromatic rings. The first kappa shape index (κ1) is 17.8. The Hall–Kier alpha value is -2.56. The van der Waals surface area contributed by atoms with Crippen molar-refractivity contribution >= 4 is 5.96 Å². The fraction of sp³-hybridized carbons (Fsp3) is 0.368. The molecule has 1 aromatic carbocycles. The molecule has 0 bridgehead atoms. The minimum Gasteiger partial charge on any atom is -0.481 e. The molecule has 0 saturated carbocycles. The van der Waals surface area contributed by atoms with Crippen molar-refractivity contribution in [1.29, 1.82) is 0 Å². The third kappa shape index (κ3) is 5.57. The number of guanidine groups is 1. The molecule has 1 heterocycles. The van der Waals surface area contributed by atoms with Gasteiger partial charge >= 0.3 is 0 Å². The third-order valence-electron chi connectivity index (χ3n) is 3.68. The molecule has 0 amide bonds.